The van der Waals surface area contributed by atoms with E-state index in [0.29, 0.717) is 5.54 Å². The zero-order chi connectivity index (χ0) is 8.94. The minimum absolute atomic E-state index is 0.468. The second-order valence-corrected chi connectivity index (χ2v) is 5.45. The summed E-state index contributed by atoms with van der Waals surface area (Å²) in [7, 11) is 0. The number of nitrogens with two attached hydrogens (primary N) is 1. The van der Waals surface area contributed by atoms with Gasteiger partial charge in [-0.3, -0.25) is 4.90 Å². The standard InChI is InChI=1S/C11H20N2/c12-8-11(5-6-11)13-7-1-2-10(9-13)3-4-10/h1-9,12H2. The van der Waals surface area contributed by atoms with Gasteiger partial charge in [-0.2, -0.15) is 0 Å². The minimum Gasteiger partial charge on any atom is -0.329 e. The molecule has 1 spiro atoms. The molecule has 74 valence electrons. The molecular weight excluding hydrogens is 160 g/mol. The largest absolute Gasteiger partial charge is 0.329 e. The first kappa shape index (κ1) is 8.25. The molecule has 13 heavy (non-hydrogen) atoms. The van der Waals surface area contributed by atoms with Crippen molar-refractivity contribution in [1.82, 2.24) is 4.90 Å². The van der Waals surface area contributed by atoms with Crippen molar-refractivity contribution in [1.29, 1.82) is 0 Å². The molecule has 2 aliphatic carbocycles. The second kappa shape index (κ2) is 2.48. The van der Waals surface area contributed by atoms with Crippen molar-refractivity contribution in [2.75, 3.05) is 19.6 Å². The van der Waals surface area contributed by atoms with E-state index in [4.69, 9.17) is 5.73 Å². The maximum atomic E-state index is 5.87. The lowest BCUT2D eigenvalue weighted by Crippen LogP contribution is -2.48. The number of likely N-dealkylation sites (tertiary alicyclic amines) is 1. The Kier molecular flexibility index (Phi) is 1.58. The molecule has 2 N–H and O–H groups in total. The molecule has 2 saturated carbocycles. The van der Waals surface area contributed by atoms with E-state index in [2.05, 4.69) is 4.90 Å². The SMILES string of the molecule is NCC1(N2CCCC3(CC3)C2)CC1. The van der Waals surface area contributed by atoms with Crippen LogP contribution >= 0.6 is 0 Å². The third-order valence-electron chi connectivity index (χ3n) is 4.50. The van der Waals surface area contributed by atoms with E-state index in [9.17, 15) is 0 Å². The van der Waals surface area contributed by atoms with Crippen LogP contribution in [-0.2, 0) is 0 Å². The zero-order valence-corrected chi connectivity index (χ0v) is 8.39. The topological polar surface area (TPSA) is 29.3 Å². The number of hydrogen-bond donors (Lipinski definition) is 1. The molecular formula is C11H20N2. The van der Waals surface area contributed by atoms with Gasteiger partial charge in [-0.15, -0.1) is 0 Å². The van der Waals surface area contributed by atoms with Gasteiger partial charge >= 0.3 is 0 Å². The summed E-state index contributed by atoms with van der Waals surface area (Å²) in [6, 6.07) is 0. The first-order chi connectivity index (χ1) is 6.29. The molecule has 0 bridgehead atoms. The third kappa shape index (κ3) is 1.23. The van der Waals surface area contributed by atoms with E-state index in [1.165, 1.54) is 51.6 Å². The zero-order valence-electron chi connectivity index (χ0n) is 8.39. The monoisotopic (exact) mass is 180 g/mol. The predicted molar refractivity (Wildman–Crippen MR) is 53.5 cm³/mol. The Bertz CT molecular complexity index is 216. The molecule has 2 heteroatoms. The first-order valence-electron chi connectivity index (χ1n) is 5.74. The Labute approximate surface area is 80.5 Å². The van der Waals surface area contributed by atoms with Crippen LogP contribution in [0.5, 0.6) is 0 Å². The first-order valence-corrected chi connectivity index (χ1v) is 5.74. The highest BCUT2D eigenvalue weighted by Crippen LogP contribution is 2.55. The fourth-order valence-electron chi connectivity index (χ4n) is 2.99. The molecule has 1 aliphatic heterocycles. The van der Waals surface area contributed by atoms with Gasteiger partial charge in [-0.25, -0.2) is 0 Å². The molecule has 3 fully saturated rings. The van der Waals surface area contributed by atoms with E-state index < -0.39 is 0 Å². The Hall–Kier alpha value is -0.0800. The average molecular weight is 180 g/mol. The molecule has 0 aromatic heterocycles. The van der Waals surface area contributed by atoms with Crippen LogP contribution in [0.15, 0.2) is 0 Å². The lowest BCUT2D eigenvalue weighted by Gasteiger charge is -2.38. The summed E-state index contributed by atoms with van der Waals surface area (Å²) >= 11 is 0. The highest BCUT2D eigenvalue weighted by molar-refractivity contribution is 5.09. The molecule has 0 amide bonds. The van der Waals surface area contributed by atoms with Gasteiger partial charge < -0.3 is 5.73 Å². The lowest BCUT2D eigenvalue weighted by atomic mass is 9.93. The fourth-order valence-corrected chi connectivity index (χ4v) is 2.99. The molecule has 0 unspecified atom stereocenters. The number of rotatable bonds is 2. The minimum atomic E-state index is 0.468. The highest BCUT2D eigenvalue weighted by Gasteiger charge is 2.53. The van der Waals surface area contributed by atoms with E-state index in [1.807, 2.05) is 0 Å². The molecule has 2 nitrogen and oxygen atoms in total. The van der Waals surface area contributed by atoms with Gasteiger partial charge in [0.2, 0.25) is 0 Å². The number of piperidine rings is 1. The summed E-state index contributed by atoms with van der Waals surface area (Å²) in [5.74, 6) is 0. The van der Waals surface area contributed by atoms with Crippen LogP contribution in [0.25, 0.3) is 0 Å². The van der Waals surface area contributed by atoms with Gasteiger partial charge in [0.05, 0.1) is 0 Å². The van der Waals surface area contributed by atoms with Gasteiger partial charge in [-0.05, 0) is 50.5 Å². The van der Waals surface area contributed by atoms with Crippen LogP contribution in [0.2, 0.25) is 0 Å². The van der Waals surface area contributed by atoms with Gasteiger partial charge in [-0.1, -0.05) is 0 Å². The Morgan fingerprint density at radius 1 is 1.08 bits per heavy atom. The average Bonchev–Trinajstić information content (AvgIpc) is 3.03. The summed E-state index contributed by atoms with van der Waals surface area (Å²) in [5, 5.41) is 0. The molecule has 1 heterocycles. The Morgan fingerprint density at radius 3 is 2.38 bits per heavy atom. The molecule has 0 atom stereocenters. The number of nitrogens with zero attached hydrogens (tertiary/aromatic N) is 1. The fraction of sp³-hybridized carbons (Fsp3) is 1.00. The lowest BCUT2D eigenvalue weighted by molar-refractivity contribution is 0.101. The van der Waals surface area contributed by atoms with Crippen molar-refractivity contribution < 1.29 is 0 Å². The van der Waals surface area contributed by atoms with Gasteiger partial charge in [0.25, 0.3) is 0 Å². The highest BCUT2D eigenvalue weighted by atomic mass is 15.3. The predicted octanol–water partition coefficient (Wildman–Crippen LogP) is 1.35. The van der Waals surface area contributed by atoms with Crippen LogP contribution in [0.3, 0.4) is 0 Å². The molecule has 0 aromatic rings. The maximum Gasteiger partial charge on any atom is 0.0333 e. The molecule has 0 radical (unpaired) electrons. The quantitative estimate of drug-likeness (QED) is 0.695. The van der Waals surface area contributed by atoms with Crippen LogP contribution in [0, 0.1) is 5.41 Å². The van der Waals surface area contributed by atoms with E-state index in [-0.39, 0.29) is 0 Å². The molecule has 1 saturated heterocycles. The third-order valence-corrected chi connectivity index (χ3v) is 4.50. The normalized spacial score (nSPS) is 34.8. The van der Waals surface area contributed by atoms with E-state index >= 15 is 0 Å². The van der Waals surface area contributed by atoms with Crippen molar-refractivity contribution >= 4 is 0 Å². The van der Waals surface area contributed by atoms with Crippen molar-refractivity contribution in [3.8, 4) is 0 Å². The Morgan fingerprint density at radius 2 is 1.85 bits per heavy atom. The van der Waals surface area contributed by atoms with E-state index in [0.717, 1.165) is 12.0 Å². The summed E-state index contributed by atoms with van der Waals surface area (Å²) in [5.41, 5.74) is 7.10. The summed E-state index contributed by atoms with van der Waals surface area (Å²) in [4.78, 5) is 2.71. The molecule has 0 aromatic carbocycles. The van der Waals surface area contributed by atoms with Gasteiger partial charge in [0.1, 0.15) is 0 Å². The van der Waals surface area contributed by atoms with Crippen LogP contribution in [0.4, 0.5) is 0 Å². The maximum absolute atomic E-state index is 5.87. The van der Waals surface area contributed by atoms with Gasteiger partial charge in [0, 0.05) is 18.6 Å². The second-order valence-electron chi connectivity index (χ2n) is 5.45. The van der Waals surface area contributed by atoms with Crippen LogP contribution in [0.1, 0.15) is 38.5 Å². The summed E-state index contributed by atoms with van der Waals surface area (Å²) < 4.78 is 0. The van der Waals surface area contributed by atoms with Crippen molar-refractivity contribution in [3.05, 3.63) is 0 Å². The van der Waals surface area contributed by atoms with Crippen molar-refractivity contribution in [2.45, 2.75) is 44.1 Å². The van der Waals surface area contributed by atoms with Gasteiger partial charge in [0.15, 0.2) is 0 Å². The van der Waals surface area contributed by atoms with Crippen LogP contribution < -0.4 is 5.73 Å². The van der Waals surface area contributed by atoms with Crippen LogP contribution in [-0.4, -0.2) is 30.1 Å². The molecule has 3 aliphatic rings. The summed E-state index contributed by atoms with van der Waals surface area (Å²) in [6.07, 6.45) is 8.61. The summed E-state index contributed by atoms with van der Waals surface area (Å²) in [6.45, 7) is 3.58. The van der Waals surface area contributed by atoms with Crippen molar-refractivity contribution in [3.63, 3.8) is 0 Å². The Balaban J connectivity index is 1.70. The van der Waals surface area contributed by atoms with E-state index in [1.54, 1.807) is 0 Å². The molecule has 3 rings (SSSR count). The smallest absolute Gasteiger partial charge is 0.0333 e. The number of hydrogen-bond acceptors (Lipinski definition) is 2. The van der Waals surface area contributed by atoms with Crippen molar-refractivity contribution in [2.24, 2.45) is 11.1 Å².